The minimum absolute atomic E-state index is 0.0146. The second kappa shape index (κ2) is 21.5. The number of likely N-dealkylation sites (tertiary alicyclic amines) is 2. The maximum atomic E-state index is 12.8. The van der Waals surface area contributed by atoms with E-state index in [-0.39, 0.29) is 50.2 Å². The molecule has 2 saturated heterocycles. The smallest absolute Gasteiger partial charge is 0.237 e. The van der Waals surface area contributed by atoms with Crippen molar-refractivity contribution in [2.45, 2.75) is 90.8 Å². The van der Waals surface area contributed by atoms with E-state index < -0.39 is 0 Å². The fourth-order valence-electron chi connectivity index (χ4n) is 8.11. The maximum Gasteiger partial charge on any atom is 0.237 e. The number of piperidine rings is 2. The van der Waals surface area contributed by atoms with E-state index in [0.29, 0.717) is 26.3 Å². The lowest BCUT2D eigenvalue weighted by Gasteiger charge is -2.34. The van der Waals surface area contributed by atoms with Crippen LogP contribution in [0.4, 0.5) is 0 Å². The monoisotopic (exact) mass is 918 g/mol. The highest BCUT2D eigenvalue weighted by Crippen LogP contribution is 2.34. The summed E-state index contributed by atoms with van der Waals surface area (Å²) >= 11 is 7.47. The molecule has 4 aromatic rings. The van der Waals surface area contributed by atoms with Gasteiger partial charge < -0.3 is 30.3 Å². The highest BCUT2D eigenvalue weighted by atomic mass is 79.9. The van der Waals surface area contributed by atoms with Crippen LogP contribution in [0.25, 0.3) is 11.1 Å². The van der Waals surface area contributed by atoms with Crippen LogP contribution in [0.1, 0.15) is 71.9 Å². The van der Waals surface area contributed by atoms with Crippen molar-refractivity contribution in [3.63, 3.8) is 0 Å². The predicted molar refractivity (Wildman–Crippen MR) is 235 cm³/mol. The molecule has 2 fully saturated rings. The van der Waals surface area contributed by atoms with Crippen LogP contribution in [-0.4, -0.2) is 83.3 Å². The second-order valence-electron chi connectivity index (χ2n) is 15.3. The van der Waals surface area contributed by atoms with Gasteiger partial charge in [0.2, 0.25) is 11.8 Å². The largest absolute Gasteiger partial charge is 0.488 e. The number of benzene rings is 4. The van der Waals surface area contributed by atoms with Crippen molar-refractivity contribution in [1.29, 1.82) is 0 Å². The Morgan fingerprint density at radius 2 is 1.09 bits per heavy atom. The third-order valence-electron chi connectivity index (χ3n) is 11.4. The number of halogens is 2. The number of aliphatic hydroxyl groups is 2. The number of hydrogen-bond donors (Lipinski definition) is 4. The second-order valence-corrected chi connectivity index (χ2v) is 17.0. The van der Waals surface area contributed by atoms with Crippen molar-refractivity contribution in [3.8, 4) is 22.6 Å². The average Bonchev–Trinajstić information content (AvgIpc) is 3.23. The zero-order valence-corrected chi connectivity index (χ0v) is 36.7. The molecule has 4 N–H and O–H groups in total. The van der Waals surface area contributed by atoms with Crippen LogP contribution < -0.4 is 20.1 Å². The van der Waals surface area contributed by atoms with Crippen molar-refractivity contribution in [2.75, 3.05) is 39.4 Å². The molecule has 2 atom stereocenters. The fraction of sp³-hybridized carbons (Fsp3) is 0.435. The summed E-state index contributed by atoms with van der Waals surface area (Å²) in [7, 11) is 0. The highest BCUT2D eigenvalue weighted by Gasteiger charge is 2.30. The summed E-state index contributed by atoms with van der Waals surface area (Å²) in [5.74, 6) is 1.49. The lowest BCUT2D eigenvalue weighted by atomic mass is 9.92. The van der Waals surface area contributed by atoms with Crippen molar-refractivity contribution in [1.82, 2.24) is 20.4 Å². The first-order chi connectivity index (χ1) is 28.2. The molecule has 58 heavy (non-hydrogen) atoms. The van der Waals surface area contributed by atoms with Gasteiger partial charge in [0.15, 0.2) is 0 Å². The molecule has 0 unspecified atom stereocenters. The molecule has 0 radical (unpaired) electrons. The average molecular weight is 921 g/mol. The van der Waals surface area contributed by atoms with Crippen LogP contribution in [0.2, 0.25) is 0 Å². The number of carbonyl (C=O) groups excluding carboxylic acids is 2. The summed E-state index contributed by atoms with van der Waals surface area (Å²) in [4.78, 5) is 30.0. The predicted octanol–water partition coefficient (Wildman–Crippen LogP) is 7.58. The van der Waals surface area contributed by atoms with Gasteiger partial charge in [-0.25, -0.2) is 0 Å². The molecule has 0 spiro atoms. The Balaban J connectivity index is 1.07. The summed E-state index contributed by atoms with van der Waals surface area (Å²) in [5.41, 5.74) is 9.04. The Morgan fingerprint density at radius 3 is 1.48 bits per heavy atom. The summed E-state index contributed by atoms with van der Waals surface area (Å²) in [5, 5.41) is 24.0. The first-order valence-corrected chi connectivity index (χ1v) is 22.0. The number of aliphatic hydroxyl groups excluding tert-OH is 2. The maximum absolute atomic E-state index is 12.8. The van der Waals surface area contributed by atoms with E-state index in [9.17, 15) is 9.59 Å². The Labute approximate surface area is 359 Å². The molecule has 0 saturated carbocycles. The molecule has 0 aromatic heterocycles. The van der Waals surface area contributed by atoms with Crippen molar-refractivity contribution >= 4 is 43.7 Å². The van der Waals surface area contributed by atoms with Gasteiger partial charge in [-0.15, -0.1) is 0 Å². The Morgan fingerprint density at radius 1 is 0.655 bits per heavy atom. The van der Waals surface area contributed by atoms with Gasteiger partial charge in [0, 0.05) is 26.2 Å². The Kier molecular flexibility index (Phi) is 16.2. The number of hydrogen-bond acceptors (Lipinski definition) is 8. The molecule has 2 heterocycles. The number of rotatable bonds is 17. The Bertz CT molecular complexity index is 1890. The van der Waals surface area contributed by atoms with Gasteiger partial charge in [0.05, 0.1) is 34.2 Å². The molecule has 0 bridgehead atoms. The summed E-state index contributed by atoms with van der Waals surface area (Å²) in [6.45, 7) is 8.61. The lowest BCUT2D eigenvalue weighted by Crippen LogP contribution is -2.49. The first kappa shape index (κ1) is 43.8. The Hall–Kier alpha value is -3.78. The van der Waals surface area contributed by atoms with E-state index in [1.165, 1.54) is 0 Å². The number of nitrogens with zero attached hydrogens (tertiary/aromatic N) is 2. The molecule has 6 rings (SSSR count). The molecule has 2 aliphatic rings. The molecule has 2 aliphatic heterocycles. The minimum Gasteiger partial charge on any atom is -0.488 e. The van der Waals surface area contributed by atoms with Gasteiger partial charge in [-0.2, -0.15) is 0 Å². The summed E-state index contributed by atoms with van der Waals surface area (Å²) < 4.78 is 14.5. The summed E-state index contributed by atoms with van der Waals surface area (Å²) in [6, 6.07) is 24.6. The molecular formula is C46H56Br2N4O6. The molecule has 10 nitrogen and oxygen atoms in total. The molecule has 12 heteroatoms. The van der Waals surface area contributed by atoms with Crippen LogP contribution >= 0.6 is 31.9 Å². The minimum atomic E-state index is -0.187. The van der Waals surface area contributed by atoms with Crippen LogP contribution in [-0.2, 0) is 35.9 Å². The van der Waals surface area contributed by atoms with Gasteiger partial charge in [-0.3, -0.25) is 19.4 Å². The third kappa shape index (κ3) is 11.3. The van der Waals surface area contributed by atoms with Crippen LogP contribution in [0.3, 0.4) is 0 Å². The van der Waals surface area contributed by atoms with E-state index >= 15 is 0 Å². The lowest BCUT2D eigenvalue weighted by molar-refractivity contribution is -0.128. The van der Waals surface area contributed by atoms with Gasteiger partial charge in [0.25, 0.3) is 0 Å². The van der Waals surface area contributed by atoms with Gasteiger partial charge >= 0.3 is 0 Å². The van der Waals surface area contributed by atoms with Crippen LogP contribution in [0.15, 0.2) is 81.7 Å². The topological polar surface area (TPSA) is 124 Å². The van der Waals surface area contributed by atoms with Crippen molar-refractivity contribution in [2.24, 2.45) is 0 Å². The van der Waals surface area contributed by atoms with E-state index in [1.54, 1.807) is 0 Å². The normalized spacial score (nSPS) is 17.5. The van der Waals surface area contributed by atoms with Crippen molar-refractivity contribution < 1.29 is 29.3 Å². The highest BCUT2D eigenvalue weighted by molar-refractivity contribution is 9.11. The molecule has 4 aromatic carbocycles. The quantitative estimate of drug-likeness (QED) is 0.0856. The van der Waals surface area contributed by atoms with E-state index in [0.717, 1.165) is 117 Å². The molecule has 2 amide bonds. The number of nitrogens with one attached hydrogen (secondary N) is 2. The standard InChI is InChI=1S/C46H56Br2N4O6/c1-31-35(29-57-43-17-15-33(25-39(43)47)27-51-21-5-3-13-41(51)45(55)49-19-23-53)9-7-11-37(31)38-12-8-10-36(32(38)2)30-58-44-18-16-34(26-40(44)48)28-52-22-6-4-14-42(52)46(56)50-20-24-54/h7-12,15-18,25-26,41-42,53-54H,3-6,13-14,19-24,27-30H2,1-2H3,(H,49,55)(H,50,56)/t41-,42-/m0/s1. The summed E-state index contributed by atoms with van der Waals surface area (Å²) in [6.07, 6.45) is 5.82. The van der Waals surface area contributed by atoms with Crippen LogP contribution in [0.5, 0.6) is 11.5 Å². The number of amides is 2. The molecular weight excluding hydrogens is 864 g/mol. The first-order valence-electron chi connectivity index (χ1n) is 20.4. The van der Waals surface area contributed by atoms with Crippen LogP contribution in [0, 0.1) is 13.8 Å². The van der Waals surface area contributed by atoms with Gasteiger partial charge in [-0.05, 0) is 153 Å². The number of carbonyl (C=O) groups is 2. The number of ether oxygens (including phenoxy) is 2. The van der Waals surface area contributed by atoms with Gasteiger partial charge in [-0.1, -0.05) is 61.4 Å². The third-order valence-corrected chi connectivity index (χ3v) is 12.6. The zero-order valence-electron chi connectivity index (χ0n) is 33.6. The van der Waals surface area contributed by atoms with Gasteiger partial charge in [0.1, 0.15) is 24.7 Å². The molecule has 310 valence electrons. The van der Waals surface area contributed by atoms with Crippen molar-refractivity contribution in [3.05, 3.63) is 115 Å². The molecule has 0 aliphatic carbocycles. The van der Waals surface area contributed by atoms with E-state index in [4.69, 9.17) is 19.7 Å². The van der Waals surface area contributed by atoms with E-state index in [2.05, 4.69) is 127 Å². The van der Waals surface area contributed by atoms with E-state index in [1.807, 2.05) is 12.1 Å². The SMILES string of the molecule is Cc1c(COc2ccc(CN3CCCC[C@H]3C(=O)NCCO)cc2Br)cccc1-c1cccc(COc2ccc(CN3CCCC[C@H]3C(=O)NCCO)cc2Br)c1C. The fourth-order valence-corrected chi connectivity index (χ4v) is 9.19. The zero-order chi connectivity index (χ0) is 41.0.